The maximum absolute atomic E-state index is 12.8. The average molecular weight is 466 g/mol. The van der Waals surface area contributed by atoms with Crippen LogP contribution >= 0.6 is 0 Å². The number of aliphatic hydroxyl groups is 1. The molecule has 0 aliphatic rings. The van der Waals surface area contributed by atoms with Crippen LogP contribution in [0.1, 0.15) is 57.1 Å². The molecule has 1 amide bonds. The van der Waals surface area contributed by atoms with Crippen molar-refractivity contribution in [2.75, 3.05) is 13.7 Å². The smallest absolute Gasteiger partial charge is 0.274 e. The molecule has 2 N–H and O–H groups in total. The van der Waals surface area contributed by atoms with Crippen molar-refractivity contribution < 1.29 is 14.6 Å². The van der Waals surface area contributed by atoms with Crippen molar-refractivity contribution in [3.05, 3.63) is 70.1 Å². The Morgan fingerprint density at radius 2 is 1.68 bits per heavy atom. The van der Waals surface area contributed by atoms with E-state index < -0.39 is 12.0 Å². The number of nitrogens with one attached hydrogen (secondary N) is 1. The normalized spacial score (nSPS) is 13.0. The minimum absolute atomic E-state index is 0.0129. The van der Waals surface area contributed by atoms with Gasteiger partial charge in [-0.25, -0.2) is 4.68 Å². The Hall–Kier alpha value is -3.19. The molecule has 0 fully saturated rings. The van der Waals surface area contributed by atoms with Gasteiger partial charge < -0.3 is 15.2 Å². The lowest BCUT2D eigenvalue weighted by Gasteiger charge is -2.33. The van der Waals surface area contributed by atoms with E-state index in [1.54, 1.807) is 24.3 Å². The van der Waals surface area contributed by atoms with Crippen LogP contribution in [0.4, 0.5) is 0 Å². The second-order valence-electron chi connectivity index (χ2n) is 10.6. The van der Waals surface area contributed by atoms with Crippen LogP contribution in [0.2, 0.25) is 0 Å². The van der Waals surface area contributed by atoms with Gasteiger partial charge in [0.15, 0.2) is 5.69 Å². The van der Waals surface area contributed by atoms with Crippen LogP contribution < -0.4 is 15.6 Å². The van der Waals surface area contributed by atoms with Gasteiger partial charge in [-0.1, -0.05) is 65.0 Å². The van der Waals surface area contributed by atoms with E-state index >= 15 is 0 Å². The third kappa shape index (κ3) is 6.03. The Bertz CT molecular complexity index is 1210. The summed E-state index contributed by atoms with van der Waals surface area (Å²) in [6.45, 7) is 11.1. The third-order valence-corrected chi connectivity index (χ3v) is 5.74. The molecule has 1 atom stereocenters. The summed E-state index contributed by atoms with van der Waals surface area (Å²) in [5.74, 6) is 0.240. The maximum atomic E-state index is 12.8. The van der Waals surface area contributed by atoms with Crippen LogP contribution in [0.3, 0.4) is 0 Å². The fourth-order valence-corrected chi connectivity index (χ4v) is 4.52. The summed E-state index contributed by atoms with van der Waals surface area (Å²) in [4.78, 5) is 25.1. The van der Waals surface area contributed by atoms with Gasteiger partial charge >= 0.3 is 0 Å². The lowest BCUT2D eigenvalue weighted by molar-refractivity contribution is 0.0866. The number of benzene rings is 2. The van der Waals surface area contributed by atoms with Crippen molar-refractivity contribution in [1.29, 1.82) is 0 Å². The van der Waals surface area contributed by atoms with Crippen LogP contribution in [0.25, 0.3) is 10.8 Å². The van der Waals surface area contributed by atoms with E-state index in [1.807, 2.05) is 12.1 Å². The molecule has 2 aromatic carbocycles. The lowest BCUT2D eigenvalue weighted by atomic mass is 9.72. The molecule has 7 nitrogen and oxygen atoms in total. The van der Waals surface area contributed by atoms with Gasteiger partial charge in [0, 0.05) is 12.4 Å². The quantitative estimate of drug-likeness (QED) is 0.526. The summed E-state index contributed by atoms with van der Waals surface area (Å²) in [5.41, 5.74) is 1.24. The SMILES string of the molecule is CNC(=O)c1nn(CC(O)COc2ccc(C(C)(C)CC(C)(C)C)cc2)c(=O)c2ccccc12. The molecule has 0 saturated heterocycles. The van der Waals surface area contributed by atoms with Crippen LogP contribution in [0, 0.1) is 5.41 Å². The van der Waals surface area contributed by atoms with Crippen LogP contribution in [0.15, 0.2) is 53.3 Å². The molecular formula is C27H35N3O4. The Balaban J connectivity index is 1.71. The molecule has 1 heterocycles. The molecule has 0 spiro atoms. The van der Waals surface area contributed by atoms with E-state index in [2.05, 4.69) is 57.2 Å². The van der Waals surface area contributed by atoms with E-state index in [0.29, 0.717) is 16.5 Å². The highest BCUT2D eigenvalue weighted by atomic mass is 16.5. The van der Waals surface area contributed by atoms with Gasteiger partial charge in [0.1, 0.15) is 18.5 Å². The predicted octanol–water partition coefficient (Wildman–Crippen LogP) is 3.91. The van der Waals surface area contributed by atoms with Crippen molar-refractivity contribution in [3.8, 4) is 5.75 Å². The zero-order valence-corrected chi connectivity index (χ0v) is 20.9. The third-order valence-electron chi connectivity index (χ3n) is 5.74. The number of fused-ring (bicyclic) bond motifs is 1. The van der Waals surface area contributed by atoms with Gasteiger partial charge in [-0.2, -0.15) is 5.10 Å². The number of carbonyl (C=O) groups excluding carboxylic acids is 1. The summed E-state index contributed by atoms with van der Waals surface area (Å²) in [6.07, 6.45) is 0.0608. The Morgan fingerprint density at radius 1 is 1.06 bits per heavy atom. The Kier molecular flexibility index (Phi) is 7.46. The standard InChI is InChI=1S/C27H35N3O4/c1-26(2,3)17-27(4,5)18-11-13-20(14-12-18)34-16-19(31)15-30-25(33)22-10-8-7-9-21(22)23(29-30)24(32)28-6/h7-14,19,31H,15-17H2,1-6H3,(H,28,32). The molecule has 34 heavy (non-hydrogen) atoms. The van der Waals surface area contributed by atoms with Crippen molar-refractivity contribution in [2.45, 2.75) is 59.1 Å². The monoisotopic (exact) mass is 465 g/mol. The minimum Gasteiger partial charge on any atom is -0.491 e. The number of hydrogen-bond acceptors (Lipinski definition) is 5. The number of hydrogen-bond donors (Lipinski definition) is 2. The first kappa shape index (κ1) is 25.4. The van der Waals surface area contributed by atoms with Gasteiger partial charge in [0.2, 0.25) is 0 Å². The zero-order chi connectivity index (χ0) is 25.1. The number of aliphatic hydroxyl groups excluding tert-OH is 1. The Morgan fingerprint density at radius 3 is 2.26 bits per heavy atom. The molecule has 7 heteroatoms. The first-order valence-corrected chi connectivity index (χ1v) is 11.5. The van der Waals surface area contributed by atoms with Gasteiger partial charge in [0.05, 0.1) is 11.9 Å². The number of rotatable bonds is 8. The number of nitrogens with zero attached hydrogens (tertiary/aromatic N) is 2. The summed E-state index contributed by atoms with van der Waals surface area (Å²) in [6, 6.07) is 14.7. The summed E-state index contributed by atoms with van der Waals surface area (Å²) >= 11 is 0. The molecule has 0 aliphatic carbocycles. The number of ether oxygens (including phenoxy) is 1. The molecule has 182 valence electrons. The number of amides is 1. The lowest BCUT2D eigenvalue weighted by Crippen LogP contribution is -2.34. The molecule has 0 aliphatic heterocycles. The Labute approximate surface area is 200 Å². The van der Waals surface area contributed by atoms with Crippen LogP contribution in [-0.4, -0.2) is 40.6 Å². The predicted molar refractivity (Wildman–Crippen MR) is 134 cm³/mol. The molecule has 0 saturated carbocycles. The largest absolute Gasteiger partial charge is 0.491 e. The van der Waals surface area contributed by atoms with E-state index in [0.717, 1.165) is 11.1 Å². The summed E-state index contributed by atoms with van der Waals surface area (Å²) < 4.78 is 6.89. The van der Waals surface area contributed by atoms with Crippen LogP contribution in [-0.2, 0) is 12.0 Å². The van der Waals surface area contributed by atoms with Crippen molar-refractivity contribution in [2.24, 2.45) is 5.41 Å². The summed E-state index contributed by atoms with van der Waals surface area (Å²) in [5, 5.41) is 18.1. The number of carbonyl (C=O) groups is 1. The van der Waals surface area contributed by atoms with Crippen molar-refractivity contribution >= 4 is 16.7 Å². The fourth-order valence-electron chi connectivity index (χ4n) is 4.52. The maximum Gasteiger partial charge on any atom is 0.274 e. The van der Waals surface area contributed by atoms with Gasteiger partial charge in [-0.3, -0.25) is 9.59 Å². The van der Waals surface area contributed by atoms with E-state index in [4.69, 9.17) is 4.74 Å². The topological polar surface area (TPSA) is 93.5 Å². The zero-order valence-electron chi connectivity index (χ0n) is 20.9. The molecule has 1 aromatic heterocycles. The van der Waals surface area contributed by atoms with E-state index in [1.165, 1.54) is 12.6 Å². The molecule has 3 aromatic rings. The van der Waals surface area contributed by atoms with E-state index in [-0.39, 0.29) is 35.2 Å². The first-order valence-electron chi connectivity index (χ1n) is 11.5. The highest BCUT2D eigenvalue weighted by Crippen LogP contribution is 2.36. The van der Waals surface area contributed by atoms with Gasteiger partial charge in [0.25, 0.3) is 11.5 Å². The summed E-state index contributed by atoms with van der Waals surface area (Å²) in [7, 11) is 1.51. The van der Waals surface area contributed by atoms with Gasteiger partial charge in [-0.05, 0) is 41.0 Å². The fraction of sp³-hybridized carbons (Fsp3) is 0.444. The highest BCUT2D eigenvalue weighted by molar-refractivity contribution is 6.04. The molecular weight excluding hydrogens is 430 g/mol. The second kappa shape index (κ2) is 9.97. The second-order valence-corrected chi connectivity index (χ2v) is 10.6. The molecule has 0 radical (unpaired) electrons. The van der Waals surface area contributed by atoms with Crippen LogP contribution in [0.5, 0.6) is 5.75 Å². The molecule has 1 unspecified atom stereocenters. The van der Waals surface area contributed by atoms with Crippen molar-refractivity contribution in [1.82, 2.24) is 15.1 Å². The minimum atomic E-state index is -0.985. The molecule has 0 bridgehead atoms. The van der Waals surface area contributed by atoms with E-state index in [9.17, 15) is 14.7 Å². The first-order chi connectivity index (χ1) is 15.9. The highest BCUT2D eigenvalue weighted by Gasteiger charge is 2.27. The average Bonchev–Trinajstić information content (AvgIpc) is 2.78. The van der Waals surface area contributed by atoms with Crippen molar-refractivity contribution in [3.63, 3.8) is 0 Å². The number of aromatic nitrogens is 2. The molecule has 3 rings (SSSR count). The van der Waals surface area contributed by atoms with Gasteiger partial charge in [-0.15, -0.1) is 0 Å².